The number of hydrogen-bond donors (Lipinski definition) is 2. The van der Waals surface area contributed by atoms with Crippen molar-refractivity contribution in [2.75, 3.05) is 26.2 Å². The molecular weight excluding hydrogens is 366 g/mol. The number of hydrogen-bond acceptors (Lipinski definition) is 7. The molecule has 2 aromatic heterocycles. The molecule has 4 heterocycles. The van der Waals surface area contributed by atoms with Gasteiger partial charge >= 0.3 is 0 Å². The summed E-state index contributed by atoms with van der Waals surface area (Å²) in [6.45, 7) is 6.78. The molecule has 1 saturated heterocycles. The zero-order valence-corrected chi connectivity index (χ0v) is 16.5. The topological polar surface area (TPSA) is 90.0 Å². The van der Waals surface area contributed by atoms with Gasteiger partial charge in [0, 0.05) is 42.0 Å². The molecule has 2 aliphatic rings. The monoisotopic (exact) mass is 391 g/mol. The van der Waals surface area contributed by atoms with Crippen LogP contribution >= 0.6 is 11.3 Å². The van der Waals surface area contributed by atoms with E-state index in [1.165, 1.54) is 4.88 Å². The summed E-state index contributed by atoms with van der Waals surface area (Å²) in [5.74, 6) is 0.835. The van der Waals surface area contributed by atoms with Gasteiger partial charge in [0.1, 0.15) is 11.4 Å². The highest BCUT2D eigenvalue weighted by Gasteiger charge is 2.39. The lowest BCUT2D eigenvalue weighted by Gasteiger charge is -2.27. The van der Waals surface area contributed by atoms with Crippen molar-refractivity contribution < 1.29 is 19.5 Å². The molecule has 1 atom stereocenters. The number of rotatable bonds is 4. The molecule has 2 N–H and O–H groups in total. The highest BCUT2D eigenvalue weighted by atomic mass is 32.1. The second-order valence-corrected chi connectivity index (χ2v) is 8.64. The van der Waals surface area contributed by atoms with Crippen LogP contribution in [0.2, 0.25) is 0 Å². The van der Waals surface area contributed by atoms with Gasteiger partial charge < -0.3 is 19.6 Å². The summed E-state index contributed by atoms with van der Waals surface area (Å²) in [4.78, 5) is 18.2. The summed E-state index contributed by atoms with van der Waals surface area (Å²) in [5, 5.41) is 25.5. The minimum atomic E-state index is -1.16. The predicted octanol–water partition coefficient (Wildman–Crippen LogP) is 1.48. The van der Waals surface area contributed by atoms with Crippen LogP contribution in [0.25, 0.3) is 0 Å². The molecule has 0 spiro atoms. The maximum Gasteiger partial charge on any atom is 0.255 e. The molecule has 0 unspecified atom stereocenters. The Morgan fingerprint density at radius 1 is 1.41 bits per heavy atom. The van der Waals surface area contributed by atoms with Crippen LogP contribution in [-0.2, 0) is 19.5 Å². The summed E-state index contributed by atoms with van der Waals surface area (Å²) < 4.78 is 5.26. The zero-order valence-electron chi connectivity index (χ0n) is 15.7. The first-order chi connectivity index (χ1) is 12.9. The predicted molar refractivity (Wildman–Crippen MR) is 101 cm³/mol. The molecule has 0 aliphatic carbocycles. The van der Waals surface area contributed by atoms with Gasteiger partial charge in [0.05, 0.1) is 24.4 Å². The molecule has 0 radical (unpaired) electrons. The van der Waals surface area contributed by atoms with Gasteiger partial charge in [-0.25, -0.2) is 0 Å². The van der Waals surface area contributed by atoms with E-state index < -0.39 is 5.60 Å². The zero-order chi connectivity index (χ0) is 19.2. The van der Waals surface area contributed by atoms with E-state index in [1.54, 1.807) is 16.2 Å². The molecule has 27 heavy (non-hydrogen) atoms. The Bertz CT molecular complexity index is 842. The number of thiophene rings is 1. The molecule has 4 rings (SSSR count). The second-order valence-electron chi connectivity index (χ2n) is 7.67. The lowest BCUT2D eigenvalue weighted by atomic mass is 10.0. The minimum absolute atomic E-state index is 0.0314. The number of β-amino-alcohol motifs (C(OH)–C–C–N with tert-alkyl or cyclic N) is 1. The van der Waals surface area contributed by atoms with Crippen molar-refractivity contribution in [2.45, 2.75) is 45.4 Å². The van der Waals surface area contributed by atoms with Gasteiger partial charge in [0.25, 0.3) is 5.91 Å². The van der Waals surface area contributed by atoms with Crippen molar-refractivity contribution in [3.05, 3.63) is 38.4 Å². The minimum Gasteiger partial charge on any atom is -0.393 e. The Balaban J connectivity index is 1.47. The number of likely N-dealkylation sites (tertiary alicyclic amines) is 1. The van der Waals surface area contributed by atoms with Crippen LogP contribution in [0, 0.1) is 13.8 Å². The van der Waals surface area contributed by atoms with Crippen LogP contribution in [0.5, 0.6) is 0 Å². The Morgan fingerprint density at radius 2 is 2.22 bits per heavy atom. The quantitative estimate of drug-likeness (QED) is 0.821. The number of carbonyl (C=O) groups is 1. The smallest absolute Gasteiger partial charge is 0.255 e. The largest absolute Gasteiger partial charge is 0.393 e. The molecule has 146 valence electrons. The van der Waals surface area contributed by atoms with Gasteiger partial charge in [-0.3, -0.25) is 9.69 Å². The van der Waals surface area contributed by atoms with Crippen molar-refractivity contribution in [3.63, 3.8) is 0 Å². The van der Waals surface area contributed by atoms with Crippen LogP contribution in [0.3, 0.4) is 0 Å². The van der Waals surface area contributed by atoms with Crippen LogP contribution in [0.4, 0.5) is 0 Å². The molecule has 0 bridgehead atoms. The maximum absolute atomic E-state index is 12.9. The van der Waals surface area contributed by atoms with Gasteiger partial charge in [-0.05, 0) is 32.3 Å². The summed E-state index contributed by atoms with van der Waals surface area (Å²) >= 11 is 1.63. The lowest BCUT2D eigenvalue weighted by Crippen LogP contribution is -2.39. The number of aliphatic hydroxyl groups is 2. The Labute approximate surface area is 162 Å². The number of nitrogens with zero attached hydrogens (tertiary/aromatic N) is 3. The average molecular weight is 391 g/mol. The summed E-state index contributed by atoms with van der Waals surface area (Å²) in [7, 11) is 0. The van der Waals surface area contributed by atoms with Crippen LogP contribution < -0.4 is 0 Å². The van der Waals surface area contributed by atoms with E-state index in [4.69, 9.17) is 4.52 Å². The molecule has 2 aliphatic heterocycles. The van der Waals surface area contributed by atoms with E-state index in [0.717, 1.165) is 54.2 Å². The standard InChI is InChI=1S/C19H25N3O4S/c1-12-15(13(2)26-20-12)7-21-5-3-14-16(9-27-17(14)8-21)18(24)22-6-4-19(25,10-22)11-23/h9,23,25H,3-8,10-11H2,1-2H3/t19-/m1/s1. The molecule has 7 nitrogen and oxygen atoms in total. The maximum atomic E-state index is 12.9. The molecule has 8 heteroatoms. The van der Waals surface area contributed by atoms with E-state index >= 15 is 0 Å². The first-order valence-corrected chi connectivity index (χ1v) is 10.1. The van der Waals surface area contributed by atoms with Crippen molar-refractivity contribution >= 4 is 17.2 Å². The first-order valence-electron chi connectivity index (χ1n) is 9.26. The number of aryl methyl sites for hydroxylation is 2. The second kappa shape index (κ2) is 7.01. The lowest BCUT2D eigenvalue weighted by molar-refractivity contribution is -0.00456. The number of carbonyl (C=O) groups excluding carboxylic acids is 1. The third-order valence-electron chi connectivity index (χ3n) is 5.73. The van der Waals surface area contributed by atoms with Crippen LogP contribution in [0.1, 0.15) is 44.2 Å². The first kappa shape index (κ1) is 18.6. The van der Waals surface area contributed by atoms with Gasteiger partial charge in [0.2, 0.25) is 0 Å². The van der Waals surface area contributed by atoms with E-state index in [2.05, 4.69) is 10.1 Å². The van der Waals surface area contributed by atoms with Crippen molar-refractivity contribution in [3.8, 4) is 0 Å². The molecular formula is C19H25N3O4S. The third kappa shape index (κ3) is 3.42. The van der Waals surface area contributed by atoms with Gasteiger partial charge in [-0.1, -0.05) is 5.16 Å². The van der Waals surface area contributed by atoms with E-state index in [1.807, 2.05) is 19.2 Å². The number of amides is 1. The molecule has 0 aromatic carbocycles. The molecule has 1 amide bonds. The summed E-state index contributed by atoms with van der Waals surface area (Å²) in [5.41, 5.74) is 2.82. The fourth-order valence-corrected chi connectivity index (χ4v) is 5.09. The Hall–Kier alpha value is -1.74. The van der Waals surface area contributed by atoms with Crippen molar-refractivity contribution in [1.82, 2.24) is 15.0 Å². The molecule has 2 aromatic rings. The van der Waals surface area contributed by atoms with Gasteiger partial charge in [-0.15, -0.1) is 11.3 Å². The Kier molecular flexibility index (Phi) is 4.84. The number of fused-ring (bicyclic) bond motifs is 1. The van der Waals surface area contributed by atoms with Gasteiger partial charge in [0.15, 0.2) is 0 Å². The highest BCUT2D eigenvalue weighted by Crippen LogP contribution is 2.32. The molecule has 1 fully saturated rings. The number of aromatic nitrogens is 1. The van der Waals surface area contributed by atoms with E-state index in [9.17, 15) is 15.0 Å². The van der Waals surface area contributed by atoms with Gasteiger partial charge in [-0.2, -0.15) is 0 Å². The Morgan fingerprint density at radius 3 is 2.89 bits per heavy atom. The number of aliphatic hydroxyl groups excluding tert-OH is 1. The molecule has 0 saturated carbocycles. The average Bonchev–Trinajstić information content (AvgIpc) is 3.35. The summed E-state index contributed by atoms with van der Waals surface area (Å²) in [6, 6.07) is 0. The summed E-state index contributed by atoms with van der Waals surface area (Å²) in [6.07, 6.45) is 1.26. The highest BCUT2D eigenvalue weighted by molar-refractivity contribution is 7.10. The van der Waals surface area contributed by atoms with Crippen LogP contribution in [0.15, 0.2) is 9.90 Å². The van der Waals surface area contributed by atoms with Crippen molar-refractivity contribution in [1.29, 1.82) is 0 Å². The fourth-order valence-electron chi connectivity index (χ4n) is 3.98. The van der Waals surface area contributed by atoms with Crippen molar-refractivity contribution in [2.24, 2.45) is 0 Å². The fraction of sp³-hybridized carbons (Fsp3) is 0.579. The van der Waals surface area contributed by atoms with Crippen LogP contribution in [-0.4, -0.2) is 62.9 Å². The van der Waals surface area contributed by atoms with E-state index in [-0.39, 0.29) is 19.1 Å². The third-order valence-corrected chi connectivity index (χ3v) is 6.75. The SMILES string of the molecule is Cc1noc(C)c1CN1CCc2c(C(=O)N3CC[C@](O)(CO)C3)csc2C1. The van der Waals surface area contributed by atoms with E-state index in [0.29, 0.717) is 13.0 Å². The normalized spacial score (nSPS) is 23.0.